The zero-order valence-electron chi connectivity index (χ0n) is 11.8. The average Bonchev–Trinajstić information content (AvgIpc) is 2.35. The van der Waals surface area contributed by atoms with Gasteiger partial charge < -0.3 is 14.4 Å². The van der Waals surface area contributed by atoms with E-state index < -0.39 is 18.1 Å². The van der Waals surface area contributed by atoms with Gasteiger partial charge in [0.1, 0.15) is 0 Å². The number of carbonyl (C=O) groups excluding carboxylic acids is 2. The molecule has 0 aromatic rings. The van der Waals surface area contributed by atoms with Gasteiger partial charge in [-0.2, -0.15) is 13.2 Å². The summed E-state index contributed by atoms with van der Waals surface area (Å²) in [5, 5.41) is 0. The van der Waals surface area contributed by atoms with Crippen LogP contribution in [0.1, 0.15) is 26.7 Å². The highest BCUT2D eigenvalue weighted by atomic mass is 19.4. The second kappa shape index (κ2) is 8.78. The largest absolute Gasteiger partial charge is 0.471 e. The van der Waals surface area contributed by atoms with Gasteiger partial charge in [-0.15, -0.1) is 0 Å². The van der Waals surface area contributed by atoms with Crippen molar-refractivity contribution in [2.45, 2.75) is 39.0 Å². The molecule has 118 valence electrons. The van der Waals surface area contributed by atoms with E-state index in [9.17, 15) is 22.8 Å². The van der Waals surface area contributed by atoms with Crippen LogP contribution >= 0.6 is 0 Å². The summed E-state index contributed by atoms with van der Waals surface area (Å²) >= 11 is 0. The molecule has 8 heteroatoms. The number of hydrogen-bond acceptors (Lipinski definition) is 4. The maximum absolute atomic E-state index is 12.4. The molecule has 0 saturated carbocycles. The number of carbonyl (C=O) groups is 2. The summed E-state index contributed by atoms with van der Waals surface area (Å²) in [4.78, 5) is 22.7. The first-order valence-corrected chi connectivity index (χ1v) is 6.23. The van der Waals surface area contributed by atoms with Gasteiger partial charge in [-0.3, -0.25) is 9.59 Å². The Morgan fingerprint density at radius 1 is 1.20 bits per heavy atom. The van der Waals surface area contributed by atoms with Crippen LogP contribution in [0, 0.1) is 0 Å². The minimum Gasteiger partial charge on any atom is -0.469 e. The molecule has 0 N–H and O–H groups in total. The van der Waals surface area contributed by atoms with Crippen LogP contribution in [-0.2, 0) is 19.1 Å². The summed E-state index contributed by atoms with van der Waals surface area (Å²) < 4.78 is 46.7. The Kier molecular flexibility index (Phi) is 8.21. The van der Waals surface area contributed by atoms with E-state index in [0.717, 1.165) is 7.11 Å². The van der Waals surface area contributed by atoms with Crippen LogP contribution in [-0.4, -0.2) is 55.9 Å². The summed E-state index contributed by atoms with van der Waals surface area (Å²) in [6.07, 6.45) is -4.99. The smallest absolute Gasteiger partial charge is 0.469 e. The van der Waals surface area contributed by atoms with Crippen molar-refractivity contribution in [2.24, 2.45) is 0 Å². The van der Waals surface area contributed by atoms with Crippen molar-refractivity contribution >= 4 is 11.9 Å². The molecule has 5 nitrogen and oxygen atoms in total. The summed E-state index contributed by atoms with van der Waals surface area (Å²) in [6, 6.07) is 0. The van der Waals surface area contributed by atoms with E-state index >= 15 is 0 Å². The van der Waals surface area contributed by atoms with Gasteiger partial charge in [-0.05, 0) is 20.3 Å². The number of hydrogen-bond donors (Lipinski definition) is 0. The fourth-order valence-corrected chi connectivity index (χ4v) is 1.40. The maximum atomic E-state index is 12.4. The lowest BCUT2D eigenvalue weighted by molar-refractivity contribution is -0.186. The quantitative estimate of drug-likeness (QED) is 0.506. The Morgan fingerprint density at radius 2 is 1.80 bits per heavy atom. The Hall–Kier alpha value is -1.31. The van der Waals surface area contributed by atoms with Gasteiger partial charge in [-0.25, -0.2) is 0 Å². The zero-order chi connectivity index (χ0) is 15.8. The topological polar surface area (TPSA) is 55.8 Å². The zero-order valence-corrected chi connectivity index (χ0v) is 11.8. The Labute approximate surface area is 116 Å². The predicted octanol–water partition coefficient (Wildman–Crippen LogP) is 1.76. The van der Waals surface area contributed by atoms with Crippen LogP contribution in [0.2, 0.25) is 0 Å². The lowest BCUT2D eigenvalue weighted by atomic mass is 10.3. The Bertz CT molecular complexity index is 318. The van der Waals surface area contributed by atoms with Crippen molar-refractivity contribution < 1.29 is 32.2 Å². The first-order valence-electron chi connectivity index (χ1n) is 6.23. The highest BCUT2D eigenvalue weighted by Gasteiger charge is 2.42. The highest BCUT2D eigenvalue weighted by Crippen LogP contribution is 2.19. The maximum Gasteiger partial charge on any atom is 0.471 e. The average molecular weight is 299 g/mol. The SMILES string of the molecule is COC(=O)CCN(CCCOC(C)C)C(=O)C(F)(F)F. The van der Waals surface area contributed by atoms with E-state index in [1.165, 1.54) is 0 Å². The molecule has 0 aliphatic rings. The molecule has 0 radical (unpaired) electrons. The molecular weight excluding hydrogens is 279 g/mol. The monoisotopic (exact) mass is 299 g/mol. The van der Waals surface area contributed by atoms with Gasteiger partial charge >= 0.3 is 18.1 Å². The van der Waals surface area contributed by atoms with Crippen molar-refractivity contribution in [2.75, 3.05) is 26.8 Å². The molecule has 0 fully saturated rings. The van der Waals surface area contributed by atoms with Gasteiger partial charge in [0, 0.05) is 19.7 Å². The molecule has 0 spiro atoms. The minimum absolute atomic E-state index is 0.0307. The number of nitrogens with zero attached hydrogens (tertiary/aromatic N) is 1. The lowest BCUT2D eigenvalue weighted by Crippen LogP contribution is -2.43. The van der Waals surface area contributed by atoms with Gasteiger partial charge in [0.15, 0.2) is 0 Å². The van der Waals surface area contributed by atoms with E-state index in [1.54, 1.807) is 13.8 Å². The van der Waals surface area contributed by atoms with E-state index in [1.807, 2.05) is 0 Å². The summed E-state index contributed by atoms with van der Waals surface area (Å²) in [6.45, 7) is 3.40. The highest BCUT2D eigenvalue weighted by molar-refractivity contribution is 5.82. The van der Waals surface area contributed by atoms with Gasteiger partial charge in [0.25, 0.3) is 0 Å². The Morgan fingerprint density at radius 3 is 2.25 bits per heavy atom. The molecule has 0 aromatic carbocycles. The molecule has 0 rings (SSSR count). The molecular formula is C12H20F3NO4. The molecule has 0 atom stereocenters. The standard InChI is InChI=1S/C12H20F3NO4/c1-9(2)20-8-4-6-16(7-5-10(17)19-3)11(18)12(13,14)15/h9H,4-8H2,1-3H3. The normalized spacial score (nSPS) is 11.6. The number of amides is 1. The van der Waals surface area contributed by atoms with Crippen molar-refractivity contribution in [1.82, 2.24) is 4.90 Å². The van der Waals surface area contributed by atoms with Gasteiger partial charge in [-0.1, -0.05) is 0 Å². The molecule has 1 amide bonds. The van der Waals surface area contributed by atoms with Crippen LogP contribution in [0.3, 0.4) is 0 Å². The van der Waals surface area contributed by atoms with E-state index in [-0.39, 0.29) is 38.6 Å². The molecule has 0 unspecified atom stereocenters. The third-order valence-electron chi connectivity index (χ3n) is 2.37. The number of rotatable bonds is 8. The van der Waals surface area contributed by atoms with Crippen molar-refractivity contribution in [3.05, 3.63) is 0 Å². The summed E-state index contributed by atoms with van der Waals surface area (Å²) in [7, 11) is 1.13. The molecule has 0 aromatic heterocycles. The third kappa shape index (κ3) is 7.98. The number of ether oxygens (including phenoxy) is 2. The third-order valence-corrected chi connectivity index (χ3v) is 2.37. The van der Waals surface area contributed by atoms with E-state index in [0.29, 0.717) is 4.90 Å². The van der Waals surface area contributed by atoms with Crippen molar-refractivity contribution in [1.29, 1.82) is 0 Å². The molecule has 0 aliphatic heterocycles. The van der Waals surface area contributed by atoms with Crippen molar-refractivity contribution in [3.8, 4) is 0 Å². The lowest BCUT2D eigenvalue weighted by Gasteiger charge is -2.23. The van der Waals surface area contributed by atoms with Gasteiger partial charge in [0.05, 0.1) is 19.6 Å². The first kappa shape index (κ1) is 18.7. The predicted molar refractivity (Wildman–Crippen MR) is 65.0 cm³/mol. The number of methoxy groups -OCH3 is 1. The number of esters is 1. The molecule has 20 heavy (non-hydrogen) atoms. The second-order valence-corrected chi connectivity index (χ2v) is 4.39. The Balaban J connectivity index is 4.39. The van der Waals surface area contributed by atoms with Crippen LogP contribution < -0.4 is 0 Å². The first-order chi connectivity index (χ1) is 9.18. The second-order valence-electron chi connectivity index (χ2n) is 4.39. The van der Waals surface area contributed by atoms with Crippen LogP contribution in [0.4, 0.5) is 13.2 Å². The molecule has 0 heterocycles. The van der Waals surface area contributed by atoms with Crippen LogP contribution in [0.5, 0.6) is 0 Å². The fourth-order valence-electron chi connectivity index (χ4n) is 1.40. The van der Waals surface area contributed by atoms with Crippen LogP contribution in [0.15, 0.2) is 0 Å². The molecule has 0 saturated heterocycles. The fraction of sp³-hybridized carbons (Fsp3) is 0.833. The molecule has 0 bridgehead atoms. The van der Waals surface area contributed by atoms with Crippen LogP contribution in [0.25, 0.3) is 0 Å². The summed E-state index contributed by atoms with van der Waals surface area (Å²) in [5.74, 6) is -2.62. The van der Waals surface area contributed by atoms with E-state index in [4.69, 9.17) is 4.74 Å². The molecule has 0 aliphatic carbocycles. The van der Waals surface area contributed by atoms with E-state index in [2.05, 4.69) is 4.74 Å². The summed E-state index contributed by atoms with van der Waals surface area (Å²) in [5.41, 5.74) is 0. The minimum atomic E-state index is -4.95. The van der Waals surface area contributed by atoms with Gasteiger partial charge in [0.2, 0.25) is 0 Å². The number of alkyl halides is 3. The van der Waals surface area contributed by atoms with Crippen molar-refractivity contribution in [3.63, 3.8) is 0 Å². The number of halogens is 3.